The summed E-state index contributed by atoms with van der Waals surface area (Å²) in [7, 11) is 0. The van der Waals surface area contributed by atoms with E-state index < -0.39 is 0 Å². The summed E-state index contributed by atoms with van der Waals surface area (Å²) in [6.45, 7) is 4.14. The zero-order valence-electron chi connectivity index (χ0n) is 11.1. The highest BCUT2D eigenvalue weighted by Gasteiger charge is 2.26. The number of nitrogens with one attached hydrogen (secondary N) is 2. The van der Waals surface area contributed by atoms with Crippen LogP contribution in [0, 0.1) is 0 Å². The van der Waals surface area contributed by atoms with Crippen molar-refractivity contribution in [3.05, 3.63) is 11.4 Å². The van der Waals surface area contributed by atoms with Crippen molar-refractivity contribution in [3.63, 3.8) is 0 Å². The topological polar surface area (TPSA) is 96.1 Å². The number of anilines is 2. The summed E-state index contributed by atoms with van der Waals surface area (Å²) in [6, 6.07) is 1.97. The second kappa shape index (κ2) is 5.68. The van der Waals surface area contributed by atoms with E-state index in [-0.39, 0.29) is 12.1 Å². The smallest absolute Gasteiger partial charge is 0.240 e. The summed E-state index contributed by atoms with van der Waals surface area (Å²) < 4.78 is 0. The van der Waals surface area contributed by atoms with Gasteiger partial charge in [0.25, 0.3) is 0 Å². The molecule has 5 N–H and O–H groups in total. The molecule has 2 rings (SSSR count). The van der Waals surface area contributed by atoms with Crippen LogP contribution in [0.2, 0.25) is 0 Å². The van der Waals surface area contributed by atoms with Crippen LogP contribution in [0.5, 0.6) is 0 Å². The van der Waals surface area contributed by atoms with Gasteiger partial charge in [0.1, 0.15) is 10.6 Å². The average molecular weight is 281 g/mol. The largest absolute Gasteiger partial charge is 0.394 e. The van der Waals surface area contributed by atoms with Gasteiger partial charge in [-0.05, 0) is 24.3 Å². The van der Waals surface area contributed by atoms with Gasteiger partial charge in [-0.3, -0.25) is 5.43 Å². The van der Waals surface area contributed by atoms with E-state index >= 15 is 0 Å². The maximum atomic E-state index is 9.64. The molecule has 0 bridgehead atoms. The van der Waals surface area contributed by atoms with Gasteiger partial charge in [-0.1, -0.05) is 13.8 Å². The van der Waals surface area contributed by atoms with Crippen LogP contribution in [0.4, 0.5) is 11.8 Å². The predicted octanol–water partition coefficient (Wildman–Crippen LogP) is 1.94. The fourth-order valence-electron chi connectivity index (χ4n) is 1.96. The number of aliphatic hydroxyl groups excluding tert-OH is 1. The normalized spacial score (nSPS) is 11.8. The molecule has 0 fully saturated rings. The first-order valence-corrected chi connectivity index (χ1v) is 7.17. The average Bonchev–Trinajstić information content (AvgIpc) is 2.93. The van der Waals surface area contributed by atoms with E-state index in [1.807, 2.05) is 25.3 Å². The summed E-state index contributed by atoms with van der Waals surface area (Å²) in [6.07, 6.45) is 1.61. The molecule has 0 radical (unpaired) electrons. The van der Waals surface area contributed by atoms with Crippen LogP contribution in [0.3, 0.4) is 0 Å². The monoisotopic (exact) mass is 281 g/mol. The molecule has 2 aromatic heterocycles. The van der Waals surface area contributed by atoms with Gasteiger partial charge in [-0.2, -0.15) is 4.98 Å². The molecule has 0 aliphatic rings. The fourth-order valence-corrected chi connectivity index (χ4v) is 2.72. The summed E-state index contributed by atoms with van der Waals surface area (Å²) in [5.74, 6) is 6.47. The Morgan fingerprint density at radius 1 is 1.37 bits per heavy atom. The molecule has 104 valence electrons. The quantitative estimate of drug-likeness (QED) is 0.477. The minimum atomic E-state index is -0.366. The van der Waals surface area contributed by atoms with Crippen molar-refractivity contribution in [2.45, 2.75) is 32.2 Å². The summed E-state index contributed by atoms with van der Waals surface area (Å²) in [4.78, 5) is 9.51. The number of nitrogens with zero attached hydrogens (tertiary/aromatic N) is 2. The highest BCUT2D eigenvalue weighted by molar-refractivity contribution is 7.16. The molecule has 0 aliphatic carbocycles. The van der Waals surface area contributed by atoms with Crippen molar-refractivity contribution in [3.8, 4) is 0 Å². The van der Waals surface area contributed by atoms with E-state index in [0.717, 1.165) is 23.1 Å². The lowest BCUT2D eigenvalue weighted by Gasteiger charge is -2.31. The van der Waals surface area contributed by atoms with Crippen molar-refractivity contribution >= 4 is 33.3 Å². The van der Waals surface area contributed by atoms with Gasteiger partial charge < -0.3 is 10.4 Å². The third-order valence-electron chi connectivity index (χ3n) is 3.49. The van der Waals surface area contributed by atoms with Gasteiger partial charge in [0, 0.05) is 0 Å². The molecular formula is C12H19N5OS. The van der Waals surface area contributed by atoms with Gasteiger partial charge in [-0.25, -0.2) is 10.8 Å². The number of nitrogens with two attached hydrogens (primary N) is 1. The van der Waals surface area contributed by atoms with Crippen molar-refractivity contribution in [2.24, 2.45) is 5.84 Å². The van der Waals surface area contributed by atoms with Crippen LogP contribution < -0.4 is 16.6 Å². The van der Waals surface area contributed by atoms with E-state index in [2.05, 4.69) is 20.7 Å². The third-order valence-corrected chi connectivity index (χ3v) is 4.30. The standard InChI is InChI=1S/C12H19N5OS/c1-3-12(4-2,7-18)16-9-8-5-6-19-10(8)15-11(14-9)17-13/h5-6,18H,3-4,7,13H2,1-2H3,(H2,14,15,16,17). The number of nitrogen functional groups attached to an aromatic ring is 1. The van der Waals surface area contributed by atoms with E-state index in [4.69, 9.17) is 5.84 Å². The second-order valence-electron chi connectivity index (χ2n) is 4.45. The zero-order chi connectivity index (χ0) is 13.9. The summed E-state index contributed by atoms with van der Waals surface area (Å²) in [5.41, 5.74) is 2.11. The number of aliphatic hydroxyl groups is 1. The molecule has 6 nitrogen and oxygen atoms in total. The Morgan fingerprint density at radius 3 is 2.68 bits per heavy atom. The van der Waals surface area contributed by atoms with Crippen molar-refractivity contribution in [1.82, 2.24) is 9.97 Å². The SMILES string of the molecule is CCC(CC)(CO)Nc1nc(NN)nc2sccc12. The molecule has 0 unspecified atom stereocenters. The number of hydrazine groups is 1. The molecule has 0 amide bonds. The first kappa shape index (κ1) is 14.0. The lowest BCUT2D eigenvalue weighted by molar-refractivity contribution is 0.202. The van der Waals surface area contributed by atoms with Crippen LogP contribution >= 0.6 is 11.3 Å². The van der Waals surface area contributed by atoms with E-state index in [1.165, 1.54) is 11.3 Å². The minimum Gasteiger partial charge on any atom is -0.394 e. The number of hydrogen-bond donors (Lipinski definition) is 4. The highest BCUT2D eigenvalue weighted by atomic mass is 32.1. The Kier molecular flexibility index (Phi) is 4.18. The molecule has 0 atom stereocenters. The zero-order valence-corrected chi connectivity index (χ0v) is 11.9. The minimum absolute atomic E-state index is 0.0566. The summed E-state index contributed by atoms with van der Waals surface area (Å²) >= 11 is 1.53. The number of aromatic nitrogens is 2. The number of fused-ring (bicyclic) bond motifs is 1. The van der Waals surface area contributed by atoms with Crippen LogP contribution in [-0.4, -0.2) is 27.2 Å². The molecule has 19 heavy (non-hydrogen) atoms. The maximum absolute atomic E-state index is 9.64. The molecule has 0 saturated carbocycles. The molecule has 0 aliphatic heterocycles. The van der Waals surface area contributed by atoms with Crippen molar-refractivity contribution in [1.29, 1.82) is 0 Å². The fraction of sp³-hybridized carbons (Fsp3) is 0.500. The second-order valence-corrected chi connectivity index (χ2v) is 5.34. The molecule has 7 heteroatoms. The van der Waals surface area contributed by atoms with Gasteiger partial charge in [0.05, 0.1) is 17.5 Å². The maximum Gasteiger partial charge on any atom is 0.240 e. The Morgan fingerprint density at radius 2 is 2.11 bits per heavy atom. The number of hydrogen-bond acceptors (Lipinski definition) is 7. The predicted molar refractivity (Wildman–Crippen MR) is 79.2 cm³/mol. The van der Waals surface area contributed by atoms with Gasteiger partial charge in [0.15, 0.2) is 0 Å². The lowest BCUT2D eigenvalue weighted by atomic mass is 9.94. The Balaban J connectivity index is 2.46. The van der Waals surface area contributed by atoms with Crippen molar-refractivity contribution < 1.29 is 5.11 Å². The van der Waals surface area contributed by atoms with E-state index in [0.29, 0.717) is 11.8 Å². The first-order chi connectivity index (χ1) is 9.18. The number of rotatable bonds is 6. The molecule has 0 aromatic carbocycles. The van der Waals surface area contributed by atoms with Crippen LogP contribution in [0.1, 0.15) is 26.7 Å². The van der Waals surface area contributed by atoms with Gasteiger partial charge >= 0.3 is 0 Å². The van der Waals surface area contributed by atoms with Crippen LogP contribution in [0.15, 0.2) is 11.4 Å². The Hall–Kier alpha value is -1.44. The molecule has 0 spiro atoms. The molecule has 2 aromatic rings. The van der Waals surface area contributed by atoms with Gasteiger partial charge in [0.2, 0.25) is 5.95 Å². The van der Waals surface area contributed by atoms with E-state index in [1.54, 1.807) is 0 Å². The highest BCUT2D eigenvalue weighted by Crippen LogP contribution is 2.30. The third kappa shape index (κ3) is 2.63. The summed E-state index contributed by atoms with van der Waals surface area (Å²) in [5, 5.41) is 15.9. The number of thiophene rings is 1. The first-order valence-electron chi connectivity index (χ1n) is 6.29. The van der Waals surface area contributed by atoms with Crippen LogP contribution in [0.25, 0.3) is 10.2 Å². The molecular weight excluding hydrogens is 262 g/mol. The lowest BCUT2D eigenvalue weighted by Crippen LogP contribution is -2.41. The van der Waals surface area contributed by atoms with Gasteiger partial charge in [-0.15, -0.1) is 11.3 Å². The Bertz CT molecular complexity index is 544. The van der Waals surface area contributed by atoms with Crippen LogP contribution in [-0.2, 0) is 0 Å². The molecule has 0 saturated heterocycles. The molecule has 2 heterocycles. The van der Waals surface area contributed by atoms with Crippen molar-refractivity contribution in [2.75, 3.05) is 17.3 Å². The Labute approximate surface area is 116 Å². The van der Waals surface area contributed by atoms with E-state index in [9.17, 15) is 5.11 Å².